The summed E-state index contributed by atoms with van der Waals surface area (Å²) in [4.78, 5) is 2.25. The fourth-order valence-corrected chi connectivity index (χ4v) is 5.50. The van der Waals surface area contributed by atoms with Crippen LogP contribution < -0.4 is 10.6 Å². The molecule has 0 aliphatic heterocycles. The molecule has 7 aromatic rings. The van der Waals surface area contributed by atoms with E-state index in [1.165, 1.54) is 32.9 Å². The molecule has 6 aromatic carbocycles. The van der Waals surface area contributed by atoms with E-state index in [0.717, 1.165) is 28.4 Å². The summed E-state index contributed by atoms with van der Waals surface area (Å²) >= 11 is 0. The number of rotatable bonds is 5. The van der Waals surface area contributed by atoms with E-state index in [1.807, 2.05) is 24.3 Å². The maximum absolute atomic E-state index is 6.22. The van der Waals surface area contributed by atoms with Crippen molar-refractivity contribution in [1.82, 2.24) is 4.57 Å². The molecule has 0 radical (unpaired) electrons. The summed E-state index contributed by atoms with van der Waals surface area (Å²) in [6, 6.07) is 53.2. The molecule has 0 aliphatic carbocycles. The van der Waals surface area contributed by atoms with Gasteiger partial charge in [-0.2, -0.15) is 0 Å². The topological polar surface area (TPSA) is 34.2 Å². The summed E-state index contributed by atoms with van der Waals surface area (Å²) in [7, 11) is 0. The van der Waals surface area contributed by atoms with E-state index >= 15 is 0 Å². The lowest BCUT2D eigenvalue weighted by Gasteiger charge is -2.26. The Balaban J connectivity index is 1.33. The van der Waals surface area contributed by atoms with Crippen molar-refractivity contribution in [3.05, 3.63) is 152 Å². The predicted molar refractivity (Wildman–Crippen MR) is 165 cm³/mol. The zero-order chi connectivity index (χ0) is 26.2. The molecule has 3 nitrogen and oxygen atoms in total. The Morgan fingerprint density at radius 3 is 1.59 bits per heavy atom. The van der Waals surface area contributed by atoms with Crippen LogP contribution in [0.15, 0.2) is 152 Å². The summed E-state index contributed by atoms with van der Waals surface area (Å²) in [5.74, 6) is 0. The van der Waals surface area contributed by atoms with E-state index in [4.69, 9.17) is 5.73 Å². The van der Waals surface area contributed by atoms with Crippen LogP contribution in [-0.4, -0.2) is 4.57 Å². The van der Waals surface area contributed by atoms with Crippen LogP contribution in [0.25, 0.3) is 38.6 Å². The van der Waals surface area contributed by atoms with Crippen molar-refractivity contribution < 1.29 is 0 Å². The number of nitrogens with zero attached hydrogens (tertiary/aromatic N) is 2. The molecule has 0 aliphatic rings. The Morgan fingerprint density at radius 2 is 0.974 bits per heavy atom. The quantitative estimate of drug-likeness (QED) is 0.238. The van der Waals surface area contributed by atoms with Crippen LogP contribution in [0, 0.1) is 0 Å². The van der Waals surface area contributed by atoms with Gasteiger partial charge in [0.1, 0.15) is 0 Å². The standard InChI is InChI=1S/C36H27N3/c37-28-11-8-12-32(25-28)38(29-19-17-27(18-20-29)26-9-2-1-3-10-26)30-21-23-31(24-22-30)39-35-15-6-4-13-33(35)34-14-5-7-16-36(34)39/h1-25H,37H2. The fraction of sp³-hybridized carbons (Fsp3) is 0. The van der Waals surface area contributed by atoms with E-state index in [2.05, 4.69) is 137 Å². The van der Waals surface area contributed by atoms with Gasteiger partial charge in [0.05, 0.1) is 11.0 Å². The second kappa shape index (κ2) is 9.55. The van der Waals surface area contributed by atoms with Gasteiger partial charge in [-0.3, -0.25) is 0 Å². The number of aromatic nitrogens is 1. The van der Waals surface area contributed by atoms with Gasteiger partial charge in [0, 0.05) is 39.2 Å². The van der Waals surface area contributed by atoms with Crippen molar-refractivity contribution in [2.75, 3.05) is 10.6 Å². The number of benzene rings is 6. The third-order valence-corrected chi connectivity index (χ3v) is 7.31. The van der Waals surface area contributed by atoms with Crippen LogP contribution in [0.1, 0.15) is 0 Å². The lowest BCUT2D eigenvalue weighted by Crippen LogP contribution is -2.10. The SMILES string of the molecule is Nc1cccc(N(c2ccc(-c3ccccc3)cc2)c2ccc(-n3c4ccccc4c4ccccc43)cc2)c1. The van der Waals surface area contributed by atoms with Gasteiger partial charge in [-0.05, 0) is 77.9 Å². The molecule has 1 aromatic heterocycles. The molecule has 3 heteroatoms. The maximum atomic E-state index is 6.22. The van der Waals surface area contributed by atoms with Gasteiger partial charge in [0.2, 0.25) is 0 Å². The lowest BCUT2D eigenvalue weighted by molar-refractivity contribution is 1.17. The summed E-state index contributed by atoms with van der Waals surface area (Å²) in [5.41, 5.74) is 16.0. The minimum Gasteiger partial charge on any atom is -0.399 e. The van der Waals surface area contributed by atoms with Crippen molar-refractivity contribution >= 4 is 44.6 Å². The third-order valence-electron chi connectivity index (χ3n) is 7.31. The summed E-state index contributed by atoms with van der Waals surface area (Å²) in [6.45, 7) is 0. The zero-order valence-corrected chi connectivity index (χ0v) is 21.4. The highest BCUT2D eigenvalue weighted by Crippen LogP contribution is 2.38. The Labute approximate surface area is 228 Å². The van der Waals surface area contributed by atoms with Crippen LogP contribution in [0.2, 0.25) is 0 Å². The monoisotopic (exact) mass is 501 g/mol. The molecule has 0 unspecified atom stereocenters. The van der Waals surface area contributed by atoms with E-state index in [0.29, 0.717) is 0 Å². The summed E-state index contributed by atoms with van der Waals surface area (Å²) in [6.07, 6.45) is 0. The van der Waals surface area contributed by atoms with Gasteiger partial charge in [-0.25, -0.2) is 0 Å². The smallest absolute Gasteiger partial charge is 0.0541 e. The average molecular weight is 502 g/mol. The van der Waals surface area contributed by atoms with Crippen LogP contribution in [0.4, 0.5) is 22.7 Å². The lowest BCUT2D eigenvalue weighted by atomic mass is 10.0. The predicted octanol–water partition coefficient (Wildman–Crippen LogP) is 9.50. The number of fused-ring (bicyclic) bond motifs is 3. The Kier molecular flexibility index (Phi) is 5.60. The molecule has 0 atom stereocenters. The van der Waals surface area contributed by atoms with Crippen LogP contribution in [0.3, 0.4) is 0 Å². The normalized spacial score (nSPS) is 11.2. The Morgan fingerprint density at radius 1 is 0.436 bits per heavy atom. The van der Waals surface area contributed by atoms with E-state index in [-0.39, 0.29) is 0 Å². The van der Waals surface area contributed by atoms with Crippen LogP contribution in [0.5, 0.6) is 0 Å². The molecular weight excluding hydrogens is 474 g/mol. The molecule has 0 saturated carbocycles. The first-order valence-corrected chi connectivity index (χ1v) is 13.2. The number of nitrogens with two attached hydrogens (primary N) is 1. The molecule has 1 heterocycles. The highest BCUT2D eigenvalue weighted by Gasteiger charge is 2.15. The molecule has 0 fully saturated rings. The number of para-hydroxylation sites is 2. The zero-order valence-electron chi connectivity index (χ0n) is 21.4. The number of nitrogen functional groups attached to an aromatic ring is 1. The van der Waals surface area contributed by atoms with Gasteiger partial charge in [0.15, 0.2) is 0 Å². The highest BCUT2D eigenvalue weighted by atomic mass is 15.1. The molecular formula is C36H27N3. The fourth-order valence-electron chi connectivity index (χ4n) is 5.50. The largest absolute Gasteiger partial charge is 0.399 e. The van der Waals surface area contributed by atoms with E-state index in [1.54, 1.807) is 0 Å². The number of anilines is 4. The maximum Gasteiger partial charge on any atom is 0.0541 e. The highest BCUT2D eigenvalue weighted by molar-refractivity contribution is 6.09. The second-order valence-electron chi connectivity index (χ2n) is 9.73. The first-order chi connectivity index (χ1) is 19.3. The number of hydrogen-bond donors (Lipinski definition) is 1. The van der Waals surface area contributed by atoms with Gasteiger partial charge in [-0.15, -0.1) is 0 Å². The summed E-state index contributed by atoms with van der Waals surface area (Å²) < 4.78 is 2.34. The molecule has 0 saturated heterocycles. The first-order valence-electron chi connectivity index (χ1n) is 13.2. The van der Waals surface area contributed by atoms with Gasteiger partial charge >= 0.3 is 0 Å². The molecule has 0 amide bonds. The van der Waals surface area contributed by atoms with Gasteiger partial charge < -0.3 is 15.2 Å². The molecule has 0 spiro atoms. The number of hydrogen-bond acceptors (Lipinski definition) is 2. The molecule has 186 valence electrons. The van der Waals surface area contributed by atoms with Gasteiger partial charge in [-0.1, -0.05) is 84.9 Å². The van der Waals surface area contributed by atoms with Gasteiger partial charge in [0.25, 0.3) is 0 Å². The molecule has 2 N–H and O–H groups in total. The van der Waals surface area contributed by atoms with Crippen molar-refractivity contribution in [3.63, 3.8) is 0 Å². The van der Waals surface area contributed by atoms with Crippen LogP contribution >= 0.6 is 0 Å². The van der Waals surface area contributed by atoms with Crippen molar-refractivity contribution in [2.45, 2.75) is 0 Å². The molecule has 0 bridgehead atoms. The molecule has 7 rings (SSSR count). The van der Waals surface area contributed by atoms with Crippen molar-refractivity contribution in [3.8, 4) is 16.8 Å². The second-order valence-corrected chi connectivity index (χ2v) is 9.73. The average Bonchev–Trinajstić information content (AvgIpc) is 3.33. The van der Waals surface area contributed by atoms with E-state index in [9.17, 15) is 0 Å². The minimum absolute atomic E-state index is 0.736. The third kappa shape index (κ3) is 4.11. The van der Waals surface area contributed by atoms with Crippen molar-refractivity contribution in [2.24, 2.45) is 0 Å². The first kappa shape index (κ1) is 22.9. The van der Waals surface area contributed by atoms with Crippen molar-refractivity contribution in [1.29, 1.82) is 0 Å². The minimum atomic E-state index is 0.736. The van der Waals surface area contributed by atoms with Crippen LogP contribution in [-0.2, 0) is 0 Å². The Bertz CT molecular complexity index is 1850. The Hall–Kier alpha value is -5.28. The molecule has 39 heavy (non-hydrogen) atoms. The summed E-state index contributed by atoms with van der Waals surface area (Å²) in [5, 5.41) is 2.52. The van der Waals surface area contributed by atoms with E-state index < -0.39 is 0 Å².